The lowest BCUT2D eigenvalue weighted by molar-refractivity contribution is 0.388. The van der Waals surface area contributed by atoms with Gasteiger partial charge in [0.15, 0.2) is 5.69 Å². The van der Waals surface area contributed by atoms with Crippen LogP contribution >= 0.6 is 11.8 Å². The van der Waals surface area contributed by atoms with E-state index in [-0.39, 0.29) is 0 Å². The van der Waals surface area contributed by atoms with Gasteiger partial charge >= 0.3 is 0 Å². The zero-order valence-electron chi connectivity index (χ0n) is 13.4. The van der Waals surface area contributed by atoms with E-state index in [0.717, 1.165) is 23.6 Å². The number of benzene rings is 2. The average molecular weight is 312 g/mol. The number of hydrogen-bond acceptors (Lipinski definition) is 3. The fourth-order valence-corrected chi connectivity index (χ4v) is 2.83. The van der Waals surface area contributed by atoms with Crippen LogP contribution in [0.5, 0.6) is 11.5 Å². The van der Waals surface area contributed by atoms with Crippen LogP contribution in [0, 0.1) is 13.5 Å². The van der Waals surface area contributed by atoms with Gasteiger partial charge in [0.1, 0.15) is 11.5 Å². The molecular weight excluding hydrogens is 292 g/mol. The van der Waals surface area contributed by atoms with Crippen molar-refractivity contribution in [2.75, 3.05) is 20.4 Å². The first-order valence-corrected chi connectivity index (χ1v) is 8.23. The Morgan fingerprint density at radius 1 is 1.18 bits per heavy atom. The van der Waals surface area contributed by atoms with Gasteiger partial charge in [0.25, 0.3) is 0 Å². The standard InChI is InChI=1S/C18H20N2OS/c1-13-10-16(7-9-18(13)22-5)21-17-8-6-15(19-2)11-14(17)12-20(3)4/h6-11H,12H2,1,3-5H3. The van der Waals surface area contributed by atoms with Crippen LogP contribution in [-0.2, 0) is 6.54 Å². The van der Waals surface area contributed by atoms with Crippen LogP contribution in [0.3, 0.4) is 0 Å². The van der Waals surface area contributed by atoms with Crippen LogP contribution in [0.4, 0.5) is 5.69 Å². The molecule has 114 valence electrons. The molecule has 0 radical (unpaired) electrons. The smallest absolute Gasteiger partial charge is 0.187 e. The summed E-state index contributed by atoms with van der Waals surface area (Å²) in [5.74, 6) is 1.63. The Kier molecular flexibility index (Phi) is 5.48. The Morgan fingerprint density at radius 3 is 2.55 bits per heavy atom. The molecule has 0 bridgehead atoms. The van der Waals surface area contributed by atoms with Crippen molar-refractivity contribution in [2.45, 2.75) is 18.4 Å². The van der Waals surface area contributed by atoms with Crippen molar-refractivity contribution < 1.29 is 4.74 Å². The second-order valence-corrected chi connectivity index (χ2v) is 6.22. The van der Waals surface area contributed by atoms with E-state index in [1.165, 1.54) is 10.5 Å². The molecule has 22 heavy (non-hydrogen) atoms. The second kappa shape index (κ2) is 7.35. The number of thioether (sulfide) groups is 1. The molecule has 0 spiro atoms. The minimum Gasteiger partial charge on any atom is -0.457 e. The van der Waals surface area contributed by atoms with Crippen LogP contribution in [0.15, 0.2) is 41.3 Å². The Hall–Kier alpha value is -1.96. The first kappa shape index (κ1) is 16.4. The van der Waals surface area contributed by atoms with E-state index in [2.05, 4.69) is 29.0 Å². The highest BCUT2D eigenvalue weighted by Gasteiger charge is 2.09. The summed E-state index contributed by atoms with van der Waals surface area (Å²) in [4.78, 5) is 6.82. The summed E-state index contributed by atoms with van der Waals surface area (Å²) in [6, 6.07) is 11.7. The molecule has 0 atom stereocenters. The lowest BCUT2D eigenvalue weighted by atomic mass is 10.1. The van der Waals surface area contributed by atoms with E-state index in [9.17, 15) is 0 Å². The van der Waals surface area contributed by atoms with Gasteiger partial charge in [0, 0.05) is 11.4 Å². The van der Waals surface area contributed by atoms with Gasteiger partial charge in [-0.2, -0.15) is 0 Å². The molecule has 0 unspecified atom stereocenters. The summed E-state index contributed by atoms with van der Waals surface area (Å²) in [5, 5.41) is 0. The molecule has 2 aromatic carbocycles. The van der Waals surface area contributed by atoms with Crippen LogP contribution in [0.2, 0.25) is 0 Å². The summed E-state index contributed by atoms with van der Waals surface area (Å²) in [5.41, 5.74) is 2.86. The number of aryl methyl sites for hydroxylation is 1. The van der Waals surface area contributed by atoms with Crippen molar-refractivity contribution in [1.82, 2.24) is 4.90 Å². The molecule has 3 nitrogen and oxygen atoms in total. The Labute approximate surface area is 136 Å². The van der Waals surface area contributed by atoms with Crippen molar-refractivity contribution in [3.63, 3.8) is 0 Å². The Morgan fingerprint density at radius 2 is 1.95 bits per heavy atom. The maximum Gasteiger partial charge on any atom is 0.187 e. The first-order valence-electron chi connectivity index (χ1n) is 7.01. The van der Waals surface area contributed by atoms with Gasteiger partial charge in [-0.3, -0.25) is 0 Å². The summed E-state index contributed by atoms with van der Waals surface area (Å²) in [7, 11) is 4.01. The molecule has 0 saturated heterocycles. The van der Waals surface area contributed by atoms with E-state index < -0.39 is 0 Å². The molecule has 2 aromatic rings. The predicted octanol–water partition coefficient (Wildman–Crippen LogP) is 5.12. The van der Waals surface area contributed by atoms with Gasteiger partial charge in [-0.1, -0.05) is 6.07 Å². The quantitative estimate of drug-likeness (QED) is 0.563. The van der Waals surface area contributed by atoms with E-state index in [4.69, 9.17) is 11.3 Å². The number of rotatable bonds is 5. The van der Waals surface area contributed by atoms with E-state index in [1.54, 1.807) is 17.8 Å². The molecule has 2 rings (SSSR count). The maximum atomic E-state index is 7.16. The van der Waals surface area contributed by atoms with Crippen molar-refractivity contribution in [2.24, 2.45) is 0 Å². The molecular formula is C18H20N2OS. The van der Waals surface area contributed by atoms with E-state index in [1.807, 2.05) is 38.4 Å². The lowest BCUT2D eigenvalue weighted by Crippen LogP contribution is -2.11. The van der Waals surface area contributed by atoms with Crippen molar-refractivity contribution in [3.8, 4) is 11.5 Å². The summed E-state index contributed by atoms with van der Waals surface area (Å²) < 4.78 is 6.05. The fraction of sp³-hybridized carbons (Fsp3) is 0.278. The number of hydrogen-bond donors (Lipinski definition) is 0. The van der Waals surface area contributed by atoms with Crippen LogP contribution in [0.25, 0.3) is 4.85 Å². The summed E-state index contributed by atoms with van der Waals surface area (Å²) in [6.45, 7) is 9.98. The maximum absolute atomic E-state index is 7.16. The van der Waals surface area contributed by atoms with Gasteiger partial charge in [-0.05, 0) is 68.7 Å². The minimum absolute atomic E-state index is 0.637. The van der Waals surface area contributed by atoms with Crippen LogP contribution in [-0.4, -0.2) is 25.3 Å². The van der Waals surface area contributed by atoms with Crippen molar-refractivity contribution in [1.29, 1.82) is 0 Å². The molecule has 0 aliphatic carbocycles. The monoisotopic (exact) mass is 312 g/mol. The molecule has 0 amide bonds. The third kappa shape index (κ3) is 4.03. The van der Waals surface area contributed by atoms with E-state index >= 15 is 0 Å². The van der Waals surface area contributed by atoms with Gasteiger partial charge in [-0.15, -0.1) is 11.8 Å². The predicted molar refractivity (Wildman–Crippen MR) is 93.1 cm³/mol. The highest BCUT2D eigenvalue weighted by Crippen LogP contribution is 2.32. The number of nitrogens with zero attached hydrogens (tertiary/aromatic N) is 2. The average Bonchev–Trinajstić information content (AvgIpc) is 2.48. The summed E-state index contributed by atoms with van der Waals surface area (Å²) in [6.07, 6.45) is 2.07. The van der Waals surface area contributed by atoms with Crippen LogP contribution in [0.1, 0.15) is 11.1 Å². The number of ether oxygens (including phenoxy) is 1. The third-order valence-electron chi connectivity index (χ3n) is 3.25. The summed E-state index contributed by atoms with van der Waals surface area (Å²) >= 11 is 1.73. The topological polar surface area (TPSA) is 16.8 Å². The highest BCUT2D eigenvalue weighted by atomic mass is 32.2. The zero-order valence-corrected chi connectivity index (χ0v) is 14.2. The largest absolute Gasteiger partial charge is 0.457 e. The normalized spacial score (nSPS) is 10.5. The molecule has 0 aromatic heterocycles. The first-order chi connectivity index (χ1) is 10.5. The lowest BCUT2D eigenvalue weighted by Gasteiger charge is -2.16. The zero-order chi connectivity index (χ0) is 16.1. The van der Waals surface area contributed by atoms with Crippen LogP contribution < -0.4 is 4.74 Å². The van der Waals surface area contributed by atoms with Gasteiger partial charge < -0.3 is 9.64 Å². The van der Waals surface area contributed by atoms with Crippen molar-refractivity contribution >= 4 is 17.4 Å². The Balaban J connectivity index is 2.32. The van der Waals surface area contributed by atoms with Gasteiger partial charge in [0.05, 0.1) is 6.57 Å². The second-order valence-electron chi connectivity index (χ2n) is 5.38. The molecule has 0 saturated carbocycles. The molecule has 4 heteroatoms. The van der Waals surface area contributed by atoms with Gasteiger partial charge in [-0.25, -0.2) is 4.85 Å². The SMILES string of the molecule is [C-]#[N+]c1ccc(Oc2ccc(SC)c(C)c2)c(CN(C)C)c1. The van der Waals surface area contributed by atoms with E-state index in [0.29, 0.717) is 5.69 Å². The van der Waals surface area contributed by atoms with Crippen molar-refractivity contribution in [3.05, 3.63) is 58.9 Å². The van der Waals surface area contributed by atoms with Gasteiger partial charge in [0.2, 0.25) is 0 Å². The molecule has 0 aliphatic heterocycles. The minimum atomic E-state index is 0.637. The third-order valence-corrected chi connectivity index (χ3v) is 4.15. The fourth-order valence-electron chi connectivity index (χ4n) is 2.24. The molecule has 0 fully saturated rings. The molecule has 0 aliphatic rings. The molecule has 0 N–H and O–H groups in total. The Bertz CT molecular complexity index is 705. The molecule has 0 heterocycles. The highest BCUT2D eigenvalue weighted by molar-refractivity contribution is 7.98.